The molecule has 0 aliphatic heterocycles. The van der Waals surface area contributed by atoms with Crippen LogP contribution >= 0.6 is 0 Å². The van der Waals surface area contributed by atoms with E-state index in [9.17, 15) is 9.59 Å². The highest BCUT2D eigenvalue weighted by Gasteiger charge is 2.09. The van der Waals surface area contributed by atoms with Crippen molar-refractivity contribution in [2.24, 2.45) is 0 Å². The van der Waals surface area contributed by atoms with Crippen LogP contribution in [0.5, 0.6) is 0 Å². The Labute approximate surface area is 136 Å². The zero-order valence-corrected chi connectivity index (χ0v) is 14.3. The fourth-order valence-electron chi connectivity index (χ4n) is 2.46. The highest BCUT2D eigenvalue weighted by molar-refractivity contribution is 6.32. The Balaban J connectivity index is 3.17. The Morgan fingerprint density at radius 3 is 1.68 bits per heavy atom. The molecule has 0 saturated heterocycles. The van der Waals surface area contributed by atoms with Gasteiger partial charge in [0, 0.05) is 6.42 Å². The largest absolute Gasteiger partial charge is 0.476 e. The number of rotatable bonds is 16. The van der Waals surface area contributed by atoms with Crippen molar-refractivity contribution in [2.45, 2.75) is 96.8 Å². The summed E-state index contributed by atoms with van der Waals surface area (Å²) in [6.45, 7) is 2.25. The summed E-state index contributed by atoms with van der Waals surface area (Å²) < 4.78 is 0. The molecule has 22 heavy (non-hydrogen) atoms. The fraction of sp³-hybridized carbons (Fsp3) is 0.789. The third-order valence-electron chi connectivity index (χ3n) is 3.90. The zero-order chi connectivity index (χ0) is 16.5. The van der Waals surface area contributed by atoms with Gasteiger partial charge in [-0.3, -0.25) is 4.79 Å². The average molecular weight is 310 g/mol. The maximum Gasteiger partial charge on any atom is 0.372 e. The second-order valence-electron chi connectivity index (χ2n) is 6.06. The van der Waals surface area contributed by atoms with Gasteiger partial charge in [0.05, 0.1) is 0 Å². The van der Waals surface area contributed by atoms with Crippen LogP contribution in [0.3, 0.4) is 0 Å². The van der Waals surface area contributed by atoms with E-state index in [0.29, 0.717) is 6.42 Å². The summed E-state index contributed by atoms with van der Waals surface area (Å²) >= 11 is 0. The minimum absolute atomic E-state index is 0.188. The van der Waals surface area contributed by atoms with Gasteiger partial charge in [-0.05, 0) is 32.1 Å². The molecule has 3 heteroatoms. The fourth-order valence-corrected chi connectivity index (χ4v) is 2.46. The Kier molecular flexibility index (Phi) is 15.4. The van der Waals surface area contributed by atoms with Gasteiger partial charge in [-0.15, -0.1) is 0 Å². The molecule has 0 spiro atoms. The molecular weight excluding hydrogens is 276 g/mol. The maximum absolute atomic E-state index is 10.9. The van der Waals surface area contributed by atoms with E-state index in [4.69, 9.17) is 5.11 Å². The van der Waals surface area contributed by atoms with Gasteiger partial charge in [-0.25, -0.2) is 4.79 Å². The first-order valence-electron chi connectivity index (χ1n) is 9.09. The van der Waals surface area contributed by atoms with Crippen molar-refractivity contribution in [1.29, 1.82) is 0 Å². The minimum atomic E-state index is -1.30. The summed E-state index contributed by atoms with van der Waals surface area (Å²) in [5.74, 6) is -1.95. The van der Waals surface area contributed by atoms with E-state index < -0.39 is 11.8 Å². The van der Waals surface area contributed by atoms with E-state index >= 15 is 0 Å². The lowest BCUT2D eigenvalue weighted by atomic mass is 10.1. The highest BCUT2D eigenvalue weighted by Crippen LogP contribution is 2.10. The third kappa shape index (κ3) is 15.3. The number of ketones is 1. The van der Waals surface area contributed by atoms with Crippen LogP contribution in [0.4, 0.5) is 0 Å². The molecule has 128 valence electrons. The van der Waals surface area contributed by atoms with Crippen molar-refractivity contribution in [3.05, 3.63) is 12.2 Å². The number of unbranched alkanes of at least 4 members (excludes halogenated alkanes) is 11. The summed E-state index contributed by atoms with van der Waals surface area (Å²) in [5, 5.41) is 8.44. The van der Waals surface area contributed by atoms with Crippen LogP contribution in [0.15, 0.2) is 12.2 Å². The van der Waals surface area contributed by atoms with Gasteiger partial charge in [-0.2, -0.15) is 0 Å². The van der Waals surface area contributed by atoms with E-state index in [-0.39, 0.29) is 6.42 Å². The van der Waals surface area contributed by atoms with E-state index in [1.807, 2.05) is 0 Å². The first-order chi connectivity index (χ1) is 10.7. The number of Topliss-reactive ketones (excluding diaryl/α,β-unsaturated/α-hetero) is 1. The number of allylic oxidation sites excluding steroid dienone is 2. The molecule has 1 N–H and O–H groups in total. The van der Waals surface area contributed by atoms with Crippen molar-refractivity contribution in [3.63, 3.8) is 0 Å². The number of carboxylic acid groups (broad SMARTS) is 1. The number of hydrogen-bond donors (Lipinski definition) is 1. The number of carbonyl (C=O) groups is 2. The Hall–Kier alpha value is -1.12. The molecule has 0 saturated carbocycles. The number of carboxylic acids is 1. The minimum Gasteiger partial charge on any atom is -0.476 e. The van der Waals surface area contributed by atoms with Crippen LogP contribution in [0.25, 0.3) is 0 Å². The maximum atomic E-state index is 10.9. The van der Waals surface area contributed by atoms with Crippen molar-refractivity contribution >= 4 is 11.8 Å². The standard InChI is InChI=1S/C19H34O3/c1-2-3-4-5-6-7-8-9-10-11-12-13-14-15-16-17-18(20)19(21)22/h9-10H,2-8,11-17H2,1H3,(H,21,22)/b10-9-. The lowest BCUT2D eigenvalue weighted by Gasteiger charge is -1.99. The van der Waals surface area contributed by atoms with Gasteiger partial charge >= 0.3 is 5.97 Å². The molecule has 0 rings (SSSR count). The lowest BCUT2D eigenvalue weighted by molar-refractivity contribution is -0.149. The second kappa shape index (κ2) is 16.3. The molecule has 0 aromatic rings. The van der Waals surface area contributed by atoms with Gasteiger partial charge in [0.1, 0.15) is 0 Å². The number of carbonyl (C=O) groups excluding carboxylic acids is 1. The molecule has 0 fully saturated rings. The highest BCUT2D eigenvalue weighted by atomic mass is 16.4. The quantitative estimate of drug-likeness (QED) is 0.227. The summed E-state index contributed by atoms with van der Waals surface area (Å²) in [5.41, 5.74) is 0. The van der Waals surface area contributed by atoms with Crippen LogP contribution in [0.1, 0.15) is 96.8 Å². The second-order valence-corrected chi connectivity index (χ2v) is 6.06. The Morgan fingerprint density at radius 2 is 1.18 bits per heavy atom. The van der Waals surface area contributed by atoms with Gasteiger partial charge in [-0.1, -0.05) is 70.4 Å². The predicted molar refractivity (Wildman–Crippen MR) is 92.1 cm³/mol. The van der Waals surface area contributed by atoms with Crippen molar-refractivity contribution in [3.8, 4) is 0 Å². The molecule has 0 bridgehead atoms. The first kappa shape index (κ1) is 20.9. The van der Waals surface area contributed by atoms with Gasteiger partial charge in [0.15, 0.2) is 0 Å². The van der Waals surface area contributed by atoms with Crippen molar-refractivity contribution in [2.75, 3.05) is 0 Å². The first-order valence-corrected chi connectivity index (χ1v) is 9.09. The van der Waals surface area contributed by atoms with Crippen LogP contribution < -0.4 is 0 Å². The van der Waals surface area contributed by atoms with E-state index in [2.05, 4.69) is 19.1 Å². The summed E-state index contributed by atoms with van der Waals surface area (Å²) in [6, 6.07) is 0. The molecule has 0 atom stereocenters. The molecule has 0 unspecified atom stereocenters. The summed E-state index contributed by atoms with van der Waals surface area (Å²) in [7, 11) is 0. The lowest BCUT2D eigenvalue weighted by Crippen LogP contribution is -2.11. The van der Waals surface area contributed by atoms with Crippen LogP contribution in [0.2, 0.25) is 0 Å². The number of hydrogen-bond acceptors (Lipinski definition) is 2. The molecule has 0 radical (unpaired) electrons. The van der Waals surface area contributed by atoms with Gasteiger partial charge < -0.3 is 5.11 Å². The molecule has 0 heterocycles. The normalized spacial score (nSPS) is 11.1. The van der Waals surface area contributed by atoms with Crippen molar-refractivity contribution < 1.29 is 14.7 Å². The van der Waals surface area contributed by atoms with Crippen LogP contribution in [0, 0.1) is 0 Å². The molecule has 0 amide bonds. The molecule has 0 aromatic heterocycles. The monoisotopic (exact) mass is 310 g/mol. The Bertz CT molecular complexity index is 308. The third-order valence-corrected chi connectivity index (χ3v) is 3.90. The average Bonchev–Trinajstić information content (AvgIpc) is 2.50. The summed E-state index contributed by atoms with van der Waals surface area (Å²) in [6.07, 6.45) is 20.4. The number of aliphatic carboxylic acids is 1. The molecule has 0 aliphatic rings. The predicted octanol–water partition coefficient (Wildman–Crippen LogP) is 5.68. The van der Waals surface area contributed by atoms with E-state index in [0.717, 1.165) is 19.3 Å². The van der Waals surface area contributed by atoms with E-state index in [1.165, 1.54) is 57.8 Å². The molecule has 0 aromatic carbocycles. The molecule has 3 nitrogen and oxygen atoms in total. The van der Waals surface area contributed by atoms with Gasteiger partial charge in [0.25, 0.3) is 0 Å². The van der Waals surface area contributed by atoms with Gasteiger partial charge in [0.2, 0.25) is 5.78 Å². The molecular formula is C19H34O3. The van der Waals surface area contributed by atoms with Crippen molar-refractivity contribution in [1.82, 2.24) is 0 Å². The zero-order valence-electron chi connectivity index (χ0n) is 14.3. The van der Waals surface area contributed by atoms with Crippen LogP contribution in [-0.4, -0.2) is 16.9 Å². The SMILES string of the molecule is CCCCCCCC/C=C\CCCCCCCC(=O)C(=O)O. The van der Waals surface area contributed by atoms with E-state index in [1.54, 1.807) is 0 Å². The topological polar surface area (TPSA) is 54.4 Å². The Morgan fingerprint density at radius 1 is 0.727 bits per heavy atom. The smallest absolute Gasteiger partial charge is 0.372 e. The molecule has 0 aliphatic carbocycles. The van der Waals surface area contributed by atoms with Crippen LogP contribution in [-0.2, 0) is 9.59 Å². The summed E-state index contributed by atoms with van der Waals surface area (Å²) in [4.78, 5) is 21.2.